The van der Waals surface area contributed by atoms with Crippen molar-refractivity contribution in [2.75, 3.05) is 29.9 Å². The molecule has 2 fully saturated rings. The molecule has 5 rings (SSSR count). The molecule has 41 heavy (non-hydrogen) atoms. The minimum atomic E-state index is -4.81. The quantitative estimate of drug-likeness (QED) is 0.365. The van der Waals surface area contributed by atoms with E-state index in [0.717, 1.165) is 54.9 Å². The van der Waals surface area contributed by atoms with Crippen LogP contribution in [0.4, 0.5) is 24.8 Å². The average molecular weight is 591 g/mol. The smallest absolute Gasteiger partial charge is 0.406 e. The number of nitrogens with one attached hydrogen (secondary N) is 1. The Balaban J connectivity index is 1.09. The Morgan fingerprint density at radius 2 is 1.95 bits per heavy atom. The predicted octanol–water partition coefficient (Wildman–Crippen LogP) is 4.47. The van der Waals surface area contributed by atoms with Crippen LogP contribution in [0.25, 0.3) is 0 Å². The van der Waals surface area contributed by atoms with Gasteiger partial charge >= 0.3 is 6.36 Å². The molecule has 2 aliphatic rings. The summed E-state index contributed by atoms with van der Waals surface area (Å²) in [6.07, 6.45) is -0.301. The molecule has 0 bridgehead atoms. The Morgan fingerprint density at radius 3 is 2.71 bits per heavy atom. The second-order valence-electron chi connectivity index (χ2n) is 10.1. The van der Waals surface area contributed by atoms with Crippen molar-refractivity contribution in [3.05, 3.63) is 52.0 Å². The first kappa shape index (κ1) is 28.9. The molecule has 3 aromatic rings. The van der Waals surface area contributed by atoms with Crippen LogP contribution in [-0.4, -0.2) is 64.2 Å². The van der Waals surface area contributed by atoms with Gasteiger partial charge in [0.05, 0.1) is 18.9 Å². The summed E-state index contributed by atoms with van der Waals surface area (Å²) in [7, 11) is 0. The van der Waals surface area contributed by atoms with Crippen LogP contribution in [-0.2, 0) is 27.2 Å². The number of rotatable bonds is 10. The van der Waals surface area contributed by atoms with Crippen molar-refractivity contribution in [2.24, 2.45) is 0 Å². The topological polar surface area (TPSA) is 119 Å². The van der Waals surface area contributed by atoms with Gasteiger partial charge in [-0.25, -0.2) is 0 Å². The number of aromatic nitrogens is 4. The van der Waals surface area contributed by atoms with Crippen molar-refractivity contribution < 1.29 is 32.2 Å². The van der Waals surface area contributed by atoms with Crippen LogP contribution < -0.4 is 15.0 Å². The molecule has 14 heteroatoms. The van der Waals surface area contributed by atoms with Gasteiger partial charge < -0.3 is 19.7 Å². The van der Waals surface area contributed by atoms with Crippen molar-refractivity contribution in [1.29, 1.82) is 0 Å². The highest BCUT2D eigenvalue weighted by molar-refractivity contribution is 7.11. The third kappa shape index (κ3) is 8.43. The molecule has 218 valence electrons. The van der Waals surface area contributed by atoms with E-state index in [0.29, 0.717) is 24.3 Å². The third-order valence-corrected chi connectivity index (χ3v) is 7.92. The van der Waals surface area contributed by atoms with E-state index in [1.807, 2.05) is 0 Å². The molecule has 4 heterocycles. The number of anilines is 2. The fourth-order valence-electron chi connectivity index (χ4n) is 4.92. The van der Waals surface area contributed by atoms with Gasteiger partial charge in [0.15, 0.2) is 11.6 Å². The Bertz CT molecular complexity index is 1350. The van der Waals surface area contributed by atoms with E-state index in [1.165, 1.54) is 29.5 Å². The summed E-state index contributed by atoms with van der Waals surface area (Å²) >= 11 is 1.47. The molecule has 10 nitrogen and oxygen atoms in total. The van der Waals surface area contributed by atoms with Gasteiger partial charge in [-0.1, -0.05) is 12.1 Å². The Morgan fingerprint density at radius 1 is 1.07 bits per heavy atom. The molecule has 1 N–H and O–H groups in total. The van der Waals surface area contributed by atoms with Gasteiger partial charge in [-0.2, -0.15) is 0 Å². The first-order chi connectivity index (χ1) is 19.7. The molecule has 2 saturated heterocycles. The predicted molar refractivity (Wildman–Crippen MR) is 144 cm³/mol. The van der Waals surface area contributed by atoms with Crippen LogP contribution in [0.3, 0.4) is 0 Å². The number of hydrogen-bond acceptors (Lipinski definition) is 10. The standard InChI is InChI=1S/C27H29F3N6O4S/c28-27(29,30)40-21-6-3-4-17(12-21)13-24(38)31-22-7-8-23(33-32-22)36-10-9-18(16-36)26-35-34-25(41-26)15-19(37)14-20-5-1-2-11-39-20/h3-4,6-8,12,18,20H,1-2,5,9-11,13-16H2,(H,31,32,38). The highest BCUT2D eigenvalue weighted by Crippen LogP contribution is 2.32. The lowest BCUT2D eigenvalue weighted by Gasteiger charge is -2.21. The Labute approximate surface area is 238 Å². The summed E-state index contributed by atoms with van der Waals surface area (Å²) in [5.41, 5.74) is 0.361. The average Bonchev–Trinajstić information content (AvgIpc) is 3.59. The van der Waals surface area contributed by atoms with Crippen molar-refractivity contribution in [2.45, 2.75) is 63.3 Å². The highest BCUT2D eigenvalue weighted by Gasteiger charge is 2.31. The second kappa shape index (κ2) is 12.9. The van der Waals surface area contributed by atoms with E-state index in [2.05, 4.69) is 35.3 Å². The minimum Gasteiger partial charge on any atom is -0.406 e. The first-order valence-corrected chi connectivity index (χ1v) is 14.2. The molecule has 0 aliphatic carbocycles. The molecule has 2 aromatic heterocycles. The fraction of sp³-hybridized carbons (Fsp3) is 0.481. The van der Waals surface area contributed by atoms with Gasteiger partial charge in [-0.05, 0) is 55.5 Å². The van der Waals surface area contributed by atoms with Crippen LogP contribution in [0.15, 0.2) is 36.4 Å². The summed E-state index contributed by atoms with van der Waals surface area (Å²) in [6, 6.07) is 8.63. The number of Topliss-reactive ketones (excluding diaryl/α,β-unsaturated/α-hetero) is 1. The lowest BCUT2D eigenvalue weighted by molar-refractivity contribution is -0.274. The monoisotopic (exact) mass is 590 g/mol. The van der Waals surface area contributed by atoms with Crippen LogP contribution >= 0.6 is 11.3 Å². The maximum Gasteiger partial charge on any atom is 0.573 e. The van der Waals surface area contributed by atoms with Crippen LogP contribution in [0.5, 0.6) is 5.75 Å². The van der Waals surface area contributed by atoms with E-state index in [9.17, 15) is 22.8 Å². The summed E-state index contributed by atoms with van der Waals surface area (Å²) in [4.78, 5) is 26.9. The van der Waals surface area contributed by atoms with E-state index >= 15 is 0 Å². The molecule has 2 unspecified atom stereocenters. The number of benzene rings is 1. The van der Waals surface area contributed by atoms with Gasteiger partial charge in [0, 0.05) is 32.0 Å². The number of alkyl halides is 3. The van der Waals surface area contributed by atoms with Gasteiger partial charge in [-0.15, -0.1) is 44.9 Å². The number of carbonyl (C=O) groups is 2. The number of hydrogen-bond donors (Lipinski definition) is 1. The molecule has 0 radical (unpaired) electrons. The van der Waals surface area contributed by atoms with E-state index < -0.39 is 12.3 Å². The van der Waals surface area contributed by atoms with Crippen molar-refractivity contribution in [3.63, 3.8) is 0 Å². The highest BCUT2D eigenvalue weighted by atomic mass is 32.1. The summed E-state index contributed by atoms with van der Waals surface area (Å²) in [6.45, 7) is 2.15. The number of halogens is 3. The Kier molecular flexibility index (Phi) is 9.08. The number of amides is 1. The molecule has 1 amide bonds. The first-order valence-electron chi connectivity index (χ1n) is 13.4. The number of ketones is 1. The van der Waals surface area contributed by atoms with Crippen molar-refractivity contribution >= 4 is 34.7 Å². The number of ether oxygens (including phenoxy) is 2. The Hall–Kier alpha value is -3.65. The SMILES string of the molecule is O=C(Cc1nnc(C2CCN(c3ccc(NC(=O)Cc4cccc(OC(F)(F)F)c4)nn3)C2)s1)CC1CCCCO1. The van der Waals surface area contributed by atoms with Gasteiger partial charge in [0.1, 0.15) is 21.5 Å². The van der Waals surface area contributed by atoms with Crippen molar-refractivity contribution in [3.8, 4) is 5.75 Å². The molecular weight excluding hydrogens is 561 g/mol. The number of carbonyl (C=O) groups excluding carboxylic acids is 2. The molecule has 2 aliphatic heterocycles. The lowest BCUT2D eigenvalue weighted by atomic mass is 10.0. The van der Waals surface area contributed by atoms with Gasteiger partial charge in [0.2, 0.25) is 5.91 Å². The molecule has 0 saturated carbocycles. The van der Waals surface area contributed by atoms with Crippen LogP contribution in [0.1, 0.15) is 53.6 Å². The molecular formula is C27H29F3N6O4S. The number of nitrogens with zero attached hydrogens (tertiary/aromatic N) is 5. The summed E-state index contributed by atoms with van der Waals surface area (Å²) in [5, 5.41) is 21.1. The normalized spacial score (nSPS) is 19.2. The molecule has 2 atom stereocenters. The zero-order valence-electron chi connectivity index (χ0n) is 22.1. The fourth-order valence-corrected chi connectivity index (χ4v) is 5.92. The maximum absolute atomic E-state index is 12.5. The summed E-state index contributed by atoms with van der Waals surface area (Å²) in [5.74, 6) is 0.327. The third-order valence-electron chi connectivity index (χ3n) is 6.84. The largest absolute Gasteiger partial charge is 0.573 e. The molecule has 1 aromatic carbocycles. The summed E-state index contributed by atoms with van der Waals surface area (Å²) < 4.78 is 46.9. The zero-order valence-corrected chi connectivity index (χ0v) is 22.9. The van der Waals surface area contributed by atoms with E-state index in [-0.39, 0.29) is 42.2 Å². The minimum absolute atomic E-state index is 0.0201. The maximum atomic E-state index is 12.5. The molecule has 0 spiro atoms. The van der Waals surface area contributed by atoms with Gasteiger partial charge in [-0.3, -0.25) is 9.59 Å². The lowest BCUT2D eigenvalue weighted by Crippen LogP contribution is -2.23. The van der Waals surface area contributed by atoms with Gasteiger partial charge in [0.25, 0.3) is 0 Å². The second-order valence-corrected chi connectivity index (χ2v) is 11.2. The van der Waals surface area contributed by atoms with Crippen LogP contribution in [0, 0.1) is 0 Å². The van der Waals surface area contributed by atoms with Crippen molar-refractivity contribution in [1.82, 2.24) is 20.4 Å². The van der Waals surface area contributed by atoms with E-state index in [1.54, 1.807) is 12.1 Å². The van der Waals surface area contributed by atoms with Crippen LogP contribution in [0.2, 0.25) is 0 Å². The zero-order chi connectivity index (χ0) is 28.8. The van der Waals surface area contributed by atoms with E-state index in [4.69, 9.17) is 4.74 Å².